The highest BCUT2D eigenvalue weighted by molar-refractivity contribution is 5.75. The molecule has 15 heavy (non-hydrogen) atoms. The summed E-state index contributed by atoms with van der Waals surface area (Å²) in [6, 6.07) is -5.06. The number of rotatable bonds is 3. The third-order valence-electron chi connectivity index (χ3n) is 1.51. The average Bonchev–Trinajstić information content (AvgIpc) is 2.41. The topological polar surface area (TPSA) is 92.8 Å². The maximum Gasteiger partial charge on any atom is 0.322 e. The maximum absolute atomic E-state index is 11.4. The fourth-order valence-electron chi connectivity index (χ4n) is 0.808. The first-order valence-electron chi connectivity index (χ1n) is 6.46. The Morgan fingerprint density at radius 3 is 3.00 bits per heavy atom. The van der Waals surface area contributed by atoms with Crippen LogP contribution in [0, 0.1) is 0 Å². The van der Waals surface area contributed by atoms with Crippen LogP contribution in [0.1, 0.15) is 12.4 Å². The van der Waals surface area contributed by atoms with Crippen molar-refractivity contribution in [3.05, 3.63) is 23.7 Å². The number of nitrogens with two attached hydrogens (primary N) is 1. The Labute approximate surface area is 94.1 Å². The van der Waals surface area contributed by atoms with Crippen LogP contribution >= 0.6 is 0 Å². The molecule has 5 heteroatoms. The zero-order valence-corrected chi connectivity index (χ0v) is 7.87. The van der Waals surface area contributed by atoms with Gasteiger partial charge in [0.2, 0.25) is 0 Å². The van der Waals surface area contributed by atoms with Crippen molar-refractivity contribution in [2.24, 2.45) is 5.73 Å². The van der Waals surface area contributed by atoms with Gasteiger partial charge in [-0.1, -0.05) is 6.04 Å². The number of phenols is 2. The van der Waals surface area contributed by atoms with Crippen LogP contribution in [-0.4, -0.2) is 29.3 Å². The van der Waals surface area contributed by atoms with Crippen molar-refractivity contribution in [3.63, 3.8) is 0 Å². The lowest BCUT2D eigenvalue weighted by Crippen LogP contribution is -2.33. The van der Waals surface area contributed by atoms with E-state index >= 15 is 0 Å². The van der Waals surface area contributed by atoms with Gasteiger partial charge in [-0.2, -0.15) is 0 Å². The lowest BCUT2D eigenvalue weighted by atomic mass is 10.1. The van der Waals surface area contributed by atoms with Crippen molar-refractivity contribution >= 4 is 5.97 Å². The summed E-state index contributed by atoms with van der Waals surface area (Å²) >= 11 is 0. The van der Waals surface area contributed by atoms with Gasteiger partial charge in [-0.05, 0) is 24.0 Å². The highest BCUT2D eigenvalue weighted by Crippen LogP contribution is 2.25. The summed E-state index contributed by atoms with van der Waals surface area (Å²) in [5.41, 5.74) is 4.74. The largest absolute Gasteiger partial charge is 0.504 e. The lowest BCUT2D eigenvalue weighted by Gasteiger charge is -2.09. The van der Waals surface area contributed by atoms with Crippen molar-refractivity contribution in [2.45, 2.75) is 12.4 Å². The second kappa shape index (κ2) is 4.65. The fraction of sp³-hybridized carbons (Fsp3) is 0.300. The third kappa shape index (κ3) is 2.85. The molecule has 0 fully saturated rings. The molecule has 1 rings (SSSR count). The molecule has 0 saturated heterocycles. The number of carbonyl (C=O) groups excluding carboxylic acids is 1. The monoisotopic (exact) mass is 216 g/mol. The number of phenolic OH excluding ortho intramolecular Hbond substituents is 2. The van der Waals surface area contributed by atoms with E-state index in [0.29, 0.717) is 0 Å². The van der Waals surface area contributed by atoms with Crippen LogP contribution in [0.5, 0.6) is 11.5 Å². The molecule has 0 bridgehead atoms. The molecule has 5 nitrogen and oxygen atoms in total. The molecular weight excluding hydrogens is 198 g/mol. The van der Waals surface area contributed by atoms with Gasteiger partial charge in [0.25, 0.3) is 0 Å². The zero-order valence-electron chi connectivity index (χ0n) is 12.9. The van der Waals surface area contributed by atoms with Gasteiger partial charge >= 0.3 is 5.97 Å². The van der Waals surface area contributed by atoms with Crippen LogP contribution < -0.4 is 5.73 Å². The number of hydrogen-bond donors (Lipinski definition) is 3. The number of ether oxygens (including phenoxy) is 1. The first-order chi connectivity index (χ1) is 9.07. The quantitative estimate of drug-likeness (QED) is 0.493. The molecule has 0 heterocycles. The van der Waals surface area contributed by atoms with Gasteiger partial charge in [-0.3, -0.25) is 4.79 Å². The summed E-state index contributed by atoms with van der Waals surface area (Å²) in [7, 11) is 0.957. The highest BCUT2D eigenvalue weighted by atomic mass is 16.5. The van der Waals surface area contributed by atoms with Gasteiger partial charge in [0.05, 0.1) is 12.6 Å². The van der Waals surface area contributed by atoms with Gasteiger partial charge in [-0.25, -0.2) is 0 Å². The van der Waals surface area contributed by atoms with Crippen LogP contribution in [0.4, 0.5) is 0 Å². The Kier molecular flexibility index (Phi) is 1.85. The van der Waals surface area contributed by atoms with Gasteiger partial charge in [-0.15, -0.1) is 0 Å². The Morgan fingerprint density at radius 2 is 2.40 bits per heavy atom. The molecule has 0 aliphatic heterocycles. The van der Waals surface area contributed by atoms with Crippen LogP contribution in [0.2, 0.25) is 0 Å². The molecular formula is C10H13NO4. The normalized spacial score (nSPS) is 21.1. The van der Waals surface area contributed by atoms with E-state index in [1.807, 2.05) is 0 Å². The van der Waals surface area contributed by atoms with E-state index in [0.717, 1.165) is 7.11 Å². The summed E-state index contributed by atoms with van der Waals surface area (Å²) in [5.74, 6) is -3.27. The number of methoxy groups -OCH3 is 1. The van der Waals surface area contributed by atoms with E-state index < -0.39 is 53.6 Å². The zero-order chi connectivity index (χ0) is 15.8. The van der Waals surface area contributed by atoms with Crippen LogP contribution in [0.25, 0.3) is 0 Å². The summed E-state index contributed by atoms with van der Waals surface area (Å²) in [6.45, 7) is 0. The minimum atomic E-state index is -2.63. The molecule has 0 amide bonds. The summed E-state index contributed by atoms with van der Waals surface area (Å²) in [4.78, 5) is 11.4. The van der Waals surface area contributed by atoms with E-state index in [2.05, 4.69) is 4.74 Å². The van der Waals surface area contributed by atoms with Crippen LogP contribution in [-0.2, 0) is 15.9 Å². The lowest BCUT2D eigenvalue weighted by molar-refractivity contribution is -0.142. The predicted molar refractivity (Wildman–Crippen MR) is 53.5 cm³/mol. The number of esters is 1. The van der Waals surface area contributed by atoms with Crippen LogP contribution in [0.15, 0.2) is 18.1 Å². The van der Waals surface area contributed by atoms with Gasteiger partial charge in [0.1, 0.15) is 6.02 Å². The van der Waals surface area contributed by atoms with Crippen molar-refractivity contribution in [3.8, 4) is 11.5 Å². The Morgan fingerprint density at radius 1 is 1.73 bits per heavy atom. The molecule has 0 saturated carbocycles. The number of hydrogen-bond acceptors (Lipinski definition) is 5. The molecule has 0 aliphatic carbocycles. The van der Waals surface area contributed by atoms with Crippen molar-refractivity contribution in [2.75, 3.05) is 7.11 Å². The van der Waals surface area contributed by atoms with Crippen molar-refractivity contribution in [1.82, 2.24) is 0 Å². The Bertz CT molecular complexity index is 534. The average molecular weight is 216 g/mol. The first-order valence-corrected chi connectivity index (χ1v) is 3.88. The van der Waals surface area contributed by atoms with E-state index in [4.69, 9.17) is 12.6 Å². The smallest absolute Gasteiger partial charge is 0.322 e. The molecule has 0 aromatic heterocycles. The third-order valence-corrected chi connectivity index (χ3v) is 1.51. The molecule has 0 radical (unpaired) electrons. The molecule has 4 N–H and O–H groups in total. The molecule has 82 valence electrons. The van der Waals surface area contributed by atoms with Crippen molar-refractivity contribution < 1.29 is 26.6 Å². The first kappa shape index (κ1) is 5.97. The van der Waals surface area contributed by atoms with Gasteiger partial charge in [0.15, 0.2) is 11.5 Å². The van der Waals surface area contributed by atoms with Crippen LogP contribution in [0.3, 0.4) is 0 Å². The predicted octanol–water partition coefficient (Wildman–Crippen LogP) is 0.141. The standard InChI is InChI=1S/C10H13NO4/c1-15-10(14)7(11)4-6-2-3-8(12)9(13)5-6/h2-3,5,7,12-13H,4,11H2,1H3/t7-/m1/s1/i2D,3D,4D,5D,7D/t4-,7+/m0. The van der Waals surface area contributed by atoms with E-state index in [9.17, 15) is 15.0 Å². The van der Waals surface area contributed by atoms with E-state index in [1.165, 1.54) is 0 Å². The van der Waals surface area contributed by atoms with Gasteiger partial charge in [0, 0.05) is 1.37 Å². The molecule has 2 atom stereocenters. The number of carbonyl (C=O) groups is 1. The fourth-order valence-corrected chi connectivity index (χ4v) is 0.808. The number of benzene rings is 1. The van der Waals surface area contributed by atoms with E-state index in [-0.39, 0.29) is 0 Å². The summed E-state index contributed by atoms with van der Waals surface area (Å²) in [6.07, 6.45) is -1.95. The molecule has 0 aliphatic rings. The van der Waals surface area contributed by atoms with Gasteiger partial charge < -0.3 is 20.7 Å². The highest BCUT2D eigenvalue weighted by Gasteiger charge is 2.14. The second-order valence-corrected chi connectivity index (χ2v) is 2.58. The Balaban J connectivity index is 3.52. The Hall–Kier alpha value is -1.75. The SMILES string of the molecule is [2H]c1c([2H])c([C@H]([2H])[C@@]([2H])(N)C(=O)OC)c([2H])c(O)c1O. The molecule has 1 aromatic carbocycles. The summed E-state index contributed by atoms with van der Waals surface area (Å²) in [5, 5.41) is 18.8. The molecule has 0 unspecified atom stereocenters. The summed E-state index contributed by atoms with van der Waals surface area (Å²) < 4.78 is 42.2. The van der Waals surface area contributed by atoms with E-state index in [1.54, 1.807) is 0 Å². The number of aromatic hydroxyl groups is 2. The molecule has 1 aromatic rings. The van der Waals surface area contributed by atoms with Crippen molar-refractivity contribution in [1.29, 1.82) is 0 Å². The minimum absolute atomic E-state index is 0.617. The second-order valence-electron chi connectivity index (χ2n) is 2.58. The minimum Gasteiger partial charge on any atom is -0.504 e. The molecule has 0 spiro atoms. The maximum atomic E-state index is 11.4.